The van der Waals surface area contributed by atoms with E-state index in [4.69, 9.17) is 5.21 Å². The van der Waals surface area contributed by atoms with E-state index in [0.717, 1.165) is 25.3 Å². The number of rotatable bonds is 7. The van der Waals surface area contributed by atoms with Gasteiger partial charge in [0.05, 0.1) is 5.69 Å². The lowest BCUT2D eigenvalue weighted by Gasteiger charge is -2.65. The van der Waals surface area contributed by atoms with Gasteiger partial charge in [0.1, 0.15) is 5.82 Å². The highest BCUT2D eigenvalue weighted by Gasteiger charge is 2.60. The second kappa shape index (κ2) is 8.59. The number of benzene rings is 1. The van der Waals surface area contributed by atoms with E-state index in [-0.39, 0.29) is 40.6 Å². The molecule has 4 bridgehead atoms. The quantitative estimate of drug-likeness (QED) is 0.242. The zero-order chi connectivity index (χ0) is 23.9. The van der Waals surface area contributed by atoms with Gasteiger partial charge in [-0.05, 0) is 79.9 Å². The summed E-state index contributed by atoms with van der Waals surface area (Å²) in [5.41, 5.74) is 1.92. The third kappa shape index (κ3) is 5.13. The van der Waals surface area contributed by atoms with Crippen LogP contribution in [0.15, 0.2) is 18.2 Å². The lowest BCUT2D eigenvalue weighted by molar-refractivity contribution is -0.129. The third-order valence-electron chi connectivity index (χ3n) is 7.48. The van der Waals surface area contributed by atoms with Gasteiger partial charge in [0.15, 0.2) is 0 Å². The molecular formula is C24H33FN4O4. The Labute approximate surface area is 193 Å². The minimum Gasteiger partial charge on any atom is -0.352 e. The molecule has 4 aliphatic carbocycles. The van der Waals surface area contributed by atoms with Crippen LogP contribution in [-0.2, 0) is 4.79 Å². The molecule has 4 amide bonds. The molecule has 4 atom stereocenters. The van der Waals surface area contributed by atoms with Crippen molar-refractivity contribution in [1.29, 1.82) is 0 Å². The molecule has 0 spiro atoms. The zero-order valence-corrected chi connectivity index (χ0v) is 19.2. The summed E-state index contributed by atoms with van der Waals surface area (Å²) in [5.74, 6) is -1.09. The molecule has 33 heavy (non-hydrogen) atoms. The van der Waals surface area contributed by atoms with Crippen LogP contribution in [0.3, 0.4) is 0 Å². The molecule has 5 N–H and O–H groups in total. The predicted molar refractivity (Wildman–Crippen MR) is 120 cm³/mol. The first-order valence-electron chi connectivity index (χ1n) is 11.6. The first-order chi connectivity index (χ1) is 15.5. The summed E-state index contributed by atoms with van der Waals surface area (Å²) in [7, 11) is 0. The Morgan fingerprint density at radius 1 is 1.09 bits per heavy atom. The van der Waals surface area contributed by atoms with Crippen LogP contribution in [-0.4, -0.2) is 35.1 Å². The van der Waals surface area contributed by atoms with Crippen LogP contribution in [0, 0.1) is 22.6 Å². The van der Waals surface area contributed by atoms with Crippen molar-refractivity contribution in [2.75, 3.05) is 11.9 Å². The molecule has 180 valence electrons. The summed E-state index contributed by atoms with van der Waals surface area (Å²) in [6.45, 7) is 4.86. The highest BCUT2D eigenvalue weighted by Crippen LogP contribution is 2.66. The molecule has 1 aromatic carbocycles. The van der Waals surface area contributed by atoms with Crippen molar-refractivity contribution in [3.8, 4) is 0 Å². The Balaban J connectivity index is 1.33. The van der Waals surface area contributed by atoms with Crippen LogP contribution in [0.5, 0.6) is 0 Å². The van der Waals surface area contributed by atoms with E-state index >= 15 is 0 Å². The standard InChI is InChI=1S/C24H33FN4O4/c1-22-9-15-10-23(2,12-22)14-24(11-15,13-22)28-21(32)27-18-6-5-16(8-17(18)25)20(31)26-7-3-4-19(30)29-33/h5-6,8,15,33H,3-4,7,9-14H2,1-2H3,(H,26,31)(H,29,30)(H2,27,28,32)/t15?,22-,23+,24?. The number of hydroxylamine groups is 1. The molecule has 9 heteroatoms. The van der Waals surface area contributed by atoms with Crippen LogP contribution in [0.2, 0.25) is 0 Å². The van der Waals surface area contributed by atoms with Gasteiger partial charge in [0.25, 0.3) is 5.91 Å². The molecular weight excluding hydrogens is 427 g/mol. The lowest BCUT2D eigenvalue weighted by atomic mass is 9.43. The summed E-state index contributed by atoms with van der Waals surface area (Å²) in [4.78, 5) is 36.0. The Bertz CT molecular complexity index is 950. The zero-order valence-electron chi connectivity index (χ0n) is 19.2. The van der Waals surface area contributed by atoms with E-state index in [9.17, 15) is 18.8 Å². The fourth-order valence-electron chi connectivity index (χ4n) is 7.35. The Morgan fingerprint density at radius 3 is 2.39 bits per heavy atom. The van der Waals surface area contributed by atoms with Gasteiger partial charge in [-0.25, -0.2) is 14.7 Å². The van der Waals surface area contributed by atoms with Gasteiger partial charge in [-0.2, -0.15) is 0 Å². The number of hydrogen-bond donors (Lipinski definition) is 5. The number of urea groups is 1. The average Bonchev–Trinajstić information content (AvgIpc) is 2.69. The van der Waals surface area contributed by atoms with Crippen molar-refractivity contribution in [2.45, 2.75) is 70.8 Å². The van der Waals surface area contributed by atoms with Crippen LogP contribution < -0.4 is 21.4 Å². The van der Waals surface area contributed by atoms with Gasteiger partial charge in [0.2, 0.25) is 5.91 Å². The predicted octanol–water partition coefficient (Wildman–Crippen LogP) is 3.71. The van der Waals surface area contributed by atoms with Gasteiger partial charge in [-0.1, -0.05) is 13.8 Å². The van der Waals surface area contributed by atoms with E-state index < -0.39 is 23.7 Å². The summed E-state index contributed by atoms with van der Waals surface area (Å²) in [6.07, 6.45) is 6.94. The normalized spacial score (nSPS) is 31.7. The molecule has 0 saturated heterocycles. The molecule has 0 aliphatic heterocycles. The largest absolute Gasteiger partial charge is 0.352 e. The maximum absolute atomic E-state index is 14.6. The summed E-state index contributed by atoms with van der Waals surface area (Å²) in [5, 5.41) is 16.9. The maximum atomic E-state index is 14.6. The SMILES string of the molecule is C[C@]12CC3CC(NC(=O)Nc4ccc(C(=O)NCCCC(=O)NO)cc4F)(C1)C[C@@](C)(C3)C2. The van der Waals surface area contributed by atoms with Crippen molar-refractivity contribution >= 4 is 23.5 Å². The maximum Gasteiger partial charge on any atom is 0.319 e. The van der Waals surface area contributed by atoms with Crippen LogP contribution in [0.1, 0.15) is 75.6 Å². The van der Waals surface area contributed by atoms with Gasteiger partial charge < -0.3 is 16.0 Å². The minimum absolute atomic E-state index is 0.0193. The number of anilines is 1. The minimum atomic E-state index is -0.693. The van der Waals surface area contributed by atoms with Crippen molar-refractivity contribution in [2.24, 2.45) is 16.7 Å². The summed E-state index contributed by atoms with van der Waals surface area (Å²) >= 11 is 0. The number of nitrogens with one attached hydrogen (secondary N) is 4. The molecule has 4 fully saturated rings. The molecule has 2 unspecified atom stereocenters. The first-order valence-corrected chi connectivity index (χ1v) is 11.6. The molecule has 1 aromatic rings. The van der Waals surface area contributed by atoms with E-state index in [1.165, 1.54) is 36.9 Å². The number of amides is 4. The van der Waals surface area contributed by atoms with E-state index in [0.29, 0.717) is 12.3 Å². The second-order valence-electron chi connectivity index (χ2n) is 11.1. The molecule has 4 aliphatic rings. The number of carbonyl (C=O) groups is 3. The van der Waals surface area contributed by atoms with Crippen LogP contribution in [0.4, 0.5) is 14.9 Å². The fraction of sp³-hybridized carbons (Fsp3) is 0.625. The van der Waals surface area contributed by atoms with Gasteiger partial charge in [-0.15, -0.1) is 0 Å². The van der Waals surface area contributed by atoms with Crippen molar-refractivity contribution in [3.63, 3.8) is 0 Å². The van der Waals surface area contributed by atoms with Crippen molar-refractivity contribution in [1.82, 2.24) is 16.1 Å². The van der Waals surface area contributed by atoms with Crippen LogP contribution >= 0.6 is 0 Å². The Kier molecular flexibility index (Phi) is 6.11. The third-order valence-corrected chi connectivity index (χ3v) is 7.48. The number of carbonyl (C=O) groups excluding carboxylic acids is 3. The van der Waals surface area contributed by atoms with Crippen molar-refractivity contribution < 1.29 is 24.0 Å². The average molecular weight is 461 g/mol. The Morgan fingerprint density at radius 2 is 1.79 bits per heavy atom. The van der Waals surface area contributed by atoms with E-state index in [1.807, 2.05) is 0 Å². The molecule has 0 aromatic heterocycles. The second-order valence-corrected chi connectivity index (χ2v) is 11.1. The topological polar surface area (TPSA) is 120 Å². The highest BCUT2D eigenvalue weighted by molar-refractivity contribution is 5.95. The molecule has 0 heterocycles. The first kappa shape index (κ1) is 23.5. The molecule has 8 nitrogen and oxygen atoms in total. The van der Waals surface area contributed by atoms with Gasteiger partial charge in [-0.3, -0.25) is 14.8 Å². The molecule has 0 radical (unpaired) electrons. The smallest absolute Gasteiger partial charge is 0.319 e. The van der Waals surface area contributed by atoms with Gasteiger partial charge in [0, 0.05) is 24.1 Å². The summed E-state index contributed by atoms with van der Waals surface area (Å²) < 4.78 is 14.6. The number of hydrogen-bond acceptors (Lipinski definition) is 4. The van der Waals surface area contributed by atoms with E-state index in [1.54, 1.807) is 0 Å². The highest BCUT2D eigenvalue weighted by atomic mass is 19.1. The molecule has 4 saturated carbocycles. The van der Waals surface area contributed by atoms with E-state index in [2.05, 4.69) is 29.8 Å². The summed E-state index contributed by atoms with van der Waals surface area (Å²) in [6, 6.07) is 3.49. The Hall–Kier alpha value is -2.68. The van der Waals surface area contributed by atoms with Crippen LogP contribution in [0.25, 0.3) is 0 Å². The lowest BCUT2D eigenvalue weighted by Crippen LogP contribution is -2.65. The van der Waals surface area contributed by atoms with Gasteiger partial charge >= 0.3 is 6.03 Å². The van der Waals surface area contributed by atoms with Crippen molar-refractivity contribution in [3.05, 3.63) is 29.6 Å². The number of halogens is 1. The molecule has 5 rings (SSSR count). The monoisotopic (exact) mass is 460 g/mol. The fourth-order valence-corrected chi connectivity index (χ4v) is 7.35.